The van der Waals surface area contributed by atoms with Crippen LogP contribution in [0.25, 0.3) is 0 Å². The first-order chi connectivity index (χ1) is 7.56. The van der Waals surface area contributed by atoms with Crippen molar-refractivity contribution in [2.24, 2.45) is 0 Å². The number of carbonyl (C=O) groups excluding carboxylic acids is 2. The van der Waals surface area contributed by atoms with Gasteiger partial charge in [-0.2, -0.15) is 0 Å². The van der Waals surface area contributed by atoms with Gasteiger partial charge in [0.15, 0.2) is 6.61 Å². The quantitative estimate of drug-likeness (QED) is 0.454. The van der Waals surface area contributed by atoms with E-state index in [-0.39, 0.29) is 31.1 Å². The van der Waals surface area contributed by atoms with Gasteiger partial charge in [-0.05, 0) is 13.8 Å². The third-order valence-electron chi connectivity index (χ3n) is 2.82. The Bertz CT molecular complexity index is 347. The summed E-state index contributed by atoms with van der Waals surface area (Å²) in [5.41, 5.74) is 0.502. The molecule has 0 saturated carbocycles. The lowest BCUT2D eigenvalue weighted by Gasteiger charge is -2.41. The molecule has 2 saturated heterocycles. The summed E-state index contributed by atoms with van der Waals surface area (Å²) in [4.78, 5) is 22.6. The fourth-order valence-corrected chi connectivity index (χ4v) is 1.96. The molecule has 16 heavy (non-hydrogen) atoms. The van der Waals surface area contributed by atoms with E-state index >= 15 is 0 Å². The number of allylic oxidation sites excluding steroid dienone is 1. The fourth-order valence-electron chi connectivity index (χ4n) is 1.96. The number of carbonyl (C=O) groups is 2. The average molecular weight is 226 g/mol. The van der Waals surface area contributed by atoms with Crippen molar-refractivity contribution in [2.45, 2.75) is 38.6 Å². The lowest BCUT2D eigenvalue weighted by molar-refractivity contribution is -0.284. The van der Waals surface area contributed by atoms with Crippen LogP contribution in [0.3, 0.4) is 0 Å². The normalized spacial score (nSPS) is 37.4. The van der Waals surface area contributed by atoms with E-state index in [0.717, 1.165) is 0 Å². The van der Waals surface area contributed by atoms with Crippen LogP contribution in [0.15, 0.2) is 11.6 Å². The largest absolute Gasteiger partial charge is 0.459 e. The second kappa shape index (κ2) is 3.90. The molecule has 2 rings (SSSR count). The molecular weight excluding hydrogens is 212 g/mol. The second-order valence-electron chi connectivity index (χ2n) is 3.96. The van der Waals surface area contributed by atoms with Crippen LogP contribution in [0.5, 0.6) is 0 Å². The molecule has 0 radical (unpaired) electrons. The minimum absolute atomic E-state index is 0.0150. The molecule has 0 amide bonds. The lowest BCUT2D eigenvalue weighted by Crippen LogP contribution is -2.53. The zero-order valence-corrected chi connectivity index (χ0v) is 9.32. The third kappa shape index (κ3) is 1.82. The summed E-state index contributed by atoms with van der Waals surface area (Å²) in [7, 11) is 0. The molecule has 0 bridgehead atoms. The Morgan fingerprint density at radius 2 is 2.19 bits per heavy atom. The van der Waals surface area contributed by atoms with Crippen molar-refractivity contribution < 1.29 is 23.8 Å². The molecule has 2 fully saturated rings. The maximum atomic E-state index is 11.7. The van der Waals surface area contributed by atoms with Gasteiger partial charge in [-0.1, -0.05) is 6.08 Å². The highest BCUT2D eigenvalue weighted by atomic mass is 16.7. The maximum absolute atomic E-state index is 11.7. The Balaban J connectivity index is 2.15. The number of esters is 2. The highest BCUT2D eigenvalue weighted by Gasteiger charge is 2.47. The topological polar surface area (TPSA) is 61.8 Å². The zero-order chi connectivity index (χ0) is 11.8. The SMILES string of the molecule is C/C=C1\C(=O)OC2(CCC(=O)OC2)OC1C. The van der Waals surface area contributed by atoms with Crippen LogP contribution in [0.1, 0.15) is 26.7 Å². The van der Waals surface area contributed by atoms with Crippen LogP contribution in [0.2, 0.25) is 0 Å². The first kappa shape index (κ1) is 11.1. The van der Waals surface area contributed by atoms with Crippen LogP contribution in [0, 0.1) is 0 Å². The van der Waals surface area contributed by atoms with Crippen molar-refractivity contribution in [3.8, 4) is 0 Å². The van der Waals surface area contributed by atoms with Gasteiger partial charge in [-0.3, -0.25) is 4.79 Å². The van der Waals surface area contributed by atoms with E-state index < -0.39 is 5.79 Å². The van der Waals surface area contributed by atoms with Gasteiger partial charge in [0.1, 0.15) is 0 Å². The Hall–Kier alpha value is -1.36. The Morgan fingerprint density at radius 3 is 2.69 bits per heavy atom. The Morgan fingerprint density at radius 1 is 1.44 bits per heavy atom. The number of hydrogen-bond donors (Lipinski definition) is 0. The van der Waals surface area contributed by atoms with Gasteiger partial charge in [0, 0.05) is 6.42 Å². The van der Waals surface area contributed by atoms with Crippen molar-refractivity contribution in [3.63, 3.8) is 0 Å². The summed E-state index contributed by atoms with van der Waals surface area (Å²) in [6.45, 7) is 3.53. The number of hydrogen-bond acceptors (Lipinski definition) is 5. The predicted octanol–water partition coefficient (Wildman–Crippen LogP) is 0.928. The van der Waals surface area contributed by atoms with E-state index in [1.54, 1.807) is 19.9 Å². The van der Waals surface area contributed by atoms with E-state index in [1.165, 1.54) is 0 Å². The van der Waals surface area contributed by atoms with Gasteiger partial charge in [0.25, 0.3) is 0 Å². The van der Waals surface area contributed by atoms with Gasteiger partial charge in [0.2, 0.25) is 5.79 Å². The molecule has 0 aliphatic carbocycles. The molecule has 0 aromatic carbocycles. The average Bonchev–Trinajstić information content (AvgIpc) is 2.23. The van der Waals surface area contributed by atoms with Crippen molar-refractivity contribution in [3.05, 3.63) is 11.6 Å². The smallest absolute Gasteiger partial charge is 0.338 e. The molecule has 2 heterocycles. The summed E-state index contributed by atoms with van der Waals surface area (Å²) in [6, 6.07) is 0. The highest BCUT2D eigenvalue weighted by Crippen LogP contribution is 2.33. The molecule has 0 N–H and O–H groups in total. The minimum atomic E-state index is -1.07. The predicted molar refractivity (Wildman–Crippen MR) is 53.3 cm³/mol. The van der Waals surface area contributed by atoms with Crippen LogP contribution >= 0.6 is 0 Å². The van der Waals surface area contributed by atoms with Crippen molar-refractivity contribution in [1.82, 2.24) is 0 Å². The summed E-state index contributed by atoms with van der Waals surface area (Å²) in [5.74, 6) is -1.74. The van der Waals surface area contributed by atoms with Gasteiger partial charge < -0.3 is 14.2 Å². The van der Waals surface area contributed by atoms with Gasteiger partial charge in [0.05, 0.1) is 18.1 Å². The number of rotatable bonds is 0. The lowest BCUT2D eigenvalue weighted by atomic mass is 10.0. The van der Waals surface area contributed by atoms with Crippen LogP contribution in [0.4, 0.5) is 0 Å². The molecule has 2 aliphatic rings. The summed E-state index contributed by atoms with van der Waals surface area (Å²) < 4.78 is 15.8. The summed E-state index contributed by atoms with van der Waals surface area (Å²) in [5, 5.41) is 0. The van der Waals surface area contributed by atoms with Gasteiger partial charge in [-0.15, -0.1) is 0 Å². The van der Waals surface area contributed by atoms with Crippen molar-refractivity contribution in [2.75, 3.05) is 6.61 Å². The molecule has 5 heteroatoms. The Labute approximate surface area is 93.4 Å². The molecule has 2 aliphatic heterocycles. The fraction of sp³-hybridized carbons (Fsp3) is 0.636. The van der Waals surface area contributed by atoms with Crippen LogP contribution < -0.4 is 0 Å². The minimum Gasteiger partial charge on any atom is -0.459 e. The zero-order valence-electron chi connectivity index (χ0n) is 9.32. The molecular formula is C11H14O5. The van der Waals surface area contributed by atoms with E-state index in [9.17, 15) is 9.59 Å². The molecule has 2 atom stereocenters. The third-order valence-corrected chi connectivity index (χ3v) is 2.82. The van der Waals surface area contributed by atoms with Gasteiger partial charge in [-0.25, -0.2) is 4.79 Å². The molecule has 88 valence electrons. The summed E-state index contributed by atoms with van der Waals surface area (Å²) in [6.07, 6.45) is 1.92. The van der Waals surface area contributed by atoms with E-state index in [1.807, 2.05) is 0 Å². The van der Waals surface area contributed by atoms with E-state index in [0.29, 0.717) is 12.0 Å². The van der Waals surface area contributed by atoms with Gasteiger partial charge >= 0.3 is 11.9 Å². The van der Waals surface area contributed by atoms with Crippen molar-refractivity contribution >= 4 is 11.9 Å². The number of cyclic esters (lactones) is 1. The van der Waals surface area contributed by atoms with Crippen LogP contribution in [-0.2, 0) is 23.8 Å². The van der Waals surface area contributed by atoms with E-state index in [2.05, 4.69) is 0 Å². The Kier molecular flexibility index (Phi) is 2.71. The molecule has 1 spiro atoms. The maximum Gasteiger partial charge on any atom is 0.338 e. The second-order valence-corrected chi connectivity index (χ2v) is 3.96. The first-order valence-electron chi connectivity index (χ1n) is 5.29. The molecule has 0 aromatic rings. The highest BCUT2D eigenvalue weighted by molar-refractivity contribution is 5.90. The first-order valence-corrected chi connectivity index (χ1v) is 5.29. The molecule has 2 unspecified atom stereocenters. The standard InChI is InChI=1S/C11H14O5/c1-3-8-7(2)15-11(16-10(8)13)5-4-9(12)14-6-11/h3,7H,4-6H2,1-2H3/b8-3-. The van der Waals surface area contributed by atoms with Crippen molar-refractivity contribution in [1.29, 1.82) is 0 Å². The van der Waals surface area contributed by atoms with E-state index in [4.69, 9.17) is 14.2 Å². The van der Waals surface area contributed by atoms with Crippen LogP contribution in [-0.4, -0.2) is 30.4 Å². The summed E-state index contributed by atoms with van der Waals surface area (Å²) >= 11 is 0. The molecule has 5 nitrogen and oxygen atoms in total. The monoisotopic (exact) mass is 226 g/mol. The molecule has 0 aromatic heterocycles. The number of ether oxygens (including phenoxy) is 3.